The lowest BCUT2D eigenvalue weighted by Crippen LogP contribution is -2.46. The minimum atomic E-state index is 0.634. The second-order valence-electron chi connectivity index (χ2n) is 7.65. The normalized spacial score (nSPS) is 17.7. The van der Waals surface area contributed by atoms with Crippen molar-refractivity contribution >= 4 is 16.6 Å². The van der Waals surface area contributed by atoms with Crippen molar-refractivity contribution in [1.82, 2.24) is 24.6 Å². The van der Waals surface area contributed by atoms with Gasteiger partial charge in [0.25, 0.3) is 0 Å². The Bertz CT molecular complexity index is 953. The summed E-state index contributed by atoms with van der Waals surface area (Å²) in [7, 11) is 1.65. The van der Waals surface area contributed by atoms with Crippen LogP contribution in [-0.2, 0) is 19.5 Å². The summed E-state index contributed by atoms with van der Waals surface area (Å²) in [4.78, 5) is 13.5. The number of aromatic nitrogens is 4. The maximum absolute atomic E-state index is 5.40. The summed E-state index contributed by atoms with van der Waals surface area (Å²) in [5.41, 5.74) is 4.75. The zero-order valence-corrected chi connectivity index (χ0v) is 16.3. The van der Waals surface area contributed by atoms with Crippen LogP contribution in [0, 0.1) is 0 Å². The van der Waals surface area contributed by atoms with Crippen LogP contribution in [0.4, 0.5) is 5.69 Å². The van der Waals surface area contributed by atoms with E-state index in [1.54, 1.807) is 13.4 Å². The molecule has 2 aliphatic rings. The molecule has 4 heterocycles. The Labute approximate surface area is 164 Å². The van der Waals surface area contributed by atoms with Crippen LogP contribution >= 0.6 is 0 Å². The summed E-state index contributed by atoms with van der Waals surface area (Å²) in [6.45, 7) is 6.14. The quantitative estimate of drug-likeness (QED) is 0.695. The van der Waals surface area contributed by atoms with E-state index in [0.717, 1.165) is 50.2 Å². The van der Waals surface area contributed by atoms with Gasteiger partial charge in [-0.05, 0) is 43.5 Å². The number of fused-ring (bicyclic) bond motifs is 2. The van der Waals surface area contributed by atoms with Crippen LogP contribution in [0.5, 0.6) is 5.88 Å². The van der Waals surface area contributed by atoms with Crippen molar-refractivity contribution in [3.05, 3.63) is 42.0 Å². The second-order valence-corrected chi connectivity index (χ2v) is 7.65. The number of hydrogen-bond acceptors (Lipinski definition) is 6. The van der Waals surface area contributed by atoms with Gasteiger partial charge in [-0.25, -0.2) is 9.97 Å². The minimum Gasteiger partial charge on any atom is -0.480 e. The molecular weight excluding hydrogens is 352 g/mol. The maximum Gasteiger partial charge on any atom is 0.224 e. The summed E-state index contributed by atoms with van der Waals surface area (Å²) in [5.74, 6) is 0.634. The second kappa shape index (κ2) is 7.39. The van der Waals surface area contributed by atoms with Crippen molar-refractivity contribution in [3.63, 3.8) is 0 Å². The lowest BCUT2D eigenvalue weighted by Gasteiger charge is -2.35. The third-order valence-electron chi connectivity index (χ3n) is 5.87. The van der Waals surface area contributed by atoms with Gasteiger partial charge >= 0.3 is 0 Å². The summed E-state index contributed by atoms with van der Waals surface area (Å²) in [6.07, 6.45) is 5.28. The van der Waals surface area contributed by atoms with Crippen LogP contribution in [0.25, 0.3) is 10.9 Å². The molecule has 0 saturated carbocycles. The van der Waals surface area contributed by atoms with Gasteiger partial charge < -0.3 is 9.64 Å². The Hall–Kier alpha value is -2.67. The van der Waals surface area contributed by atoms with Crippen LogP contribution in [0.3, 0.4) is 0 Å². The highest BCUT2D eigenvalue weighted by atomic mass is 16.5. The van der Waals surface area contributed by atoms with Gasteiger partial charge in [-0.15, -0.1) is 0 Å². The van der Waals surface area contributed by atoms with Gasteiger partial charge in [0.2, 0.25) is 5.88 Å². The molecular formula is C21H26N6O. The van der Waals surface area contributed by atoms with Crippen molar-refractivity contribution in [3.8, 4) is 5.88 Å². The predicted molar refractivity (Wildman–Crippen MR) is 109 cm³/mol. The predicted octanol–water partition coefficient (Wildman–Crippen LogP) is 2.49. The van der Waals surface area contributed by atoms with E-state index >= 15 is 0 Å². The molecule has 28 heavy (non-hydrogen) atoms. The molecule has 0 spiro atoms. The van der Waals surface area contributed by atoms with E-state index in [9.17, 15) is 0 Å². The van der Waals surface area contributed by atoms with Crippen molar-refractivity contribution in [2.75, 3.05) is 38.2 Å². The van der Waals surface area contributed by atoms with Gasteiger partial charge in [0, 0.05) is 50.6 Å². The number of hydrogen-bond donors (Lipinski definition) is 0. The Morgan fingerprint density at radius 2 is 1.89 bits per heavy atom. The molecule has 2 aromatic heterocycles. The molecule has 0 unspecified atom stereocenters. The van der Waals surface area contributed by atoms with Crippen molar-refractivity contribution in [2.45, 2.75) is 32.4 Å². The zero-order chi connectivity index (χ0) is 18.9. The van der Waals surface area contributed by atoms with Gasteiger partial charge in [0.1, 0.15) is 6.33 Å². The number of aryl methyl sites for hydroxylation is 2. The number of nitrogens with zero attached hydrogens (tertiary/aromatic N) is 6. The smallest absolute Gasteiger partial charge is 0.224 e. The van der Waals surface area contributed by atoms with Crippen LogP contribution in [0.2, 0.25) is 0 Å². The Balaban J connectivity index is 1.25. The van der Waals surface area contributed by atoms with E-state index in [4.69, 9.17) is 9.84 Å². The number of ether oxygens (including phenoxy) is 1. The highest BCUT2D eigenvalue weighted by Gasteiger charge is 2.20. The fourth-order valence-electron chi connectivity index (χ4n) is 4.33. The highest BCUT2D eigenvalue weighted by Crippen LogP contribution is 2.27. The van der Waals surface area contributed by atoms with E-state index < -0.39 is 0 Å². The average Bonchev–Trinajstić information content (AvgIpc) is 3.16. The van der Waals surface area contributed by atoms with E-state index in [2.05, 4.69) is 48.7 Å². The zero-order valence-electron chi connectivity index (χ0n) is 16.3. The van der Waals surface area contributed by atoms with Crippen molar-refractivity contribution < 1.29 is 4.74 Å². The SMILES string of the molecule is COc1ncnc2ccc(N3CCN(Cc4cc5n(n4)CCCC5)CC3)cc12. The first-order valence-electron chi connectivity index (χ1n) is 10.1. The summed E-state index contributed by atoms with van der Waals surface area (Å²) in [6, 6.07) is 8.65. The molecule has 1 aromatic carbocycles. The highest BCUT2D eigenvalue weighted by molar-refractivity contribution is 5.86. The van der Waals surface area contributed by atoms with Gasteiger partial charge in [-0.3, -0.25) is 9.58 Å². The first-order valence-corrected chi connectivity index (χ1v) is 10.1. The summed E-state index contributed by atoms with van der Waals surface area (Å²) >= 11 is 0. The first-order chi connectivity index (χ1) is 13.8. The topological polar surface area (TPSA) is 59.3 Å². The molecule has 0 amide bonds. The molecule has 1 saturated heterocycles. The van der Waals surface area contributed by atoms with E-state index in [-0.39, 0.29) is 0 Å². The molecule has 0 aliphatic carbocycles. The van der Waals surface area contributed by atoms with E-state index in [1.165, 1.54) is 36.3 Å². The maximum atomic E-state index is 5.40. The molecule has 5 rings (SSSR count). The largest absolute Gasteiger partial charge is 0.480 e. The number of anilines is 1. The van der Waals surface area contributed by atoms with Gasteiger partial charge in [0.05, 0.1) is 23.7 Å². The monoisotopic (exact) mass is 378 g/mol. The Kier molecular flexibility index (Phi) is 4.60. The molecule has 1 fully saturated rings. The molecule has 2 aliphatic heterocycles. The third-order valence-corrected chi connectivity index (χ3v) is 5.87. The fraction of sp³-hybridized carbons (Fsp3) is 0.476. The molecule has 0 bridgehead atoms. The van der Waals surface area contributed by atoms with Gasteiger partial charge in [0.15, 0.2) is 0 Å². The summed E-state index contributed by atoms with van der Waals surface area (Å²) in [5, 5.41) is 5.78. The van der Waals surface area contributed by atoms with Gasteiger partial charge in [-0.1, -0.05) is 0 Å². The van der Waals surface area contributed by atoms with Crippen molar-refractivity contribution in [1.29, 1.82) is 0 Å². The lowest BCUT2D eigenvalue weighted by atomic mass is 10.1. The average molecular weight is 378 g/mol. The lowest BCUT2D eigenvalue weighted by molar-refractivity contribution is 0.246. The third kappa shape index (κ3) is 3.30. The minimum absolute atomic E-state index is 0.634. The molecule has 0 radical (unpaired) electrons. The number of rotatable bonds is 4. The molecule has 0 N–H and O–H groups in total. The van der Waals surface area contributed by atoms with E-state index in [1.807, 2.05) is 0 Å². The first kappa shape index (κ1) is 17.4. The van der Waals surface area contributed by atoms with Gasteiger partial charge in [-0.2, -0.15) is 5.10 Å². The van der Waals surface area contributed by atoms with E-state index in [0.29, 0.717) is 5.88 Å². The Morgan fingerprint density at radius 3 is 2.71 bits per heavy atom. The van der Waals surface area contributed by atoms with Crippen LogP contribution in [-0.4, -0.2) is 57.9 Å². The fourth-order valence-corrected chi connectivity index (χ4v) is 4.33. The standard InChI is InChI=1S/C21H26N6O/c1-28-21-19-13-17(5-6-20(19)22-15-23-21)26-10-8-25(9-11-26)14-16-12-18-4-2-3-7-27(18)24-16/h5-6,12-13,15H,2-4,7-11,14H2,1H3. The van der Waals surface area contributed by atoms with Crippen molar-refractivity contribution in [2.24, 2.45) is 0 Å². The van der Waals surface area contributed by atoms with Crippen LogP contribution in [0.15, 0.2) is 30.6 Å². The van der Waals surface area contributed by atoms with Crippen LogP contribution in [0.1, 0.15) is 24.2 Å². The molecule has 7 heteroatoms. The number of benzene rings is 1. The Morgan fingerprint density at radius 1 is 1.00 bits per heavy atom. The molecule has 7 nitrogen and oxygen atoms in total. The molecule has 146 valence electrons. The van der Waals surface area contributed by atoms with Crippen LogP contribution < -0.4 is 9.64 Å². The molecule has 0 atom stereocenters. The molecule has 3 aromatic rings. The number of methoxy groups -OCH3 is 1. The number of piperazine rings is 1. The summed E-state index contributed by atoms with van der Waals surface area (Å²) < 4.78 is 7.61.